The van der Waals surface area contributed by atoms with Gasteiger partial charge < -0.3 is 18.1 Å². The first-order chi connectivity index (χ1) is 26.7. The van der Waals surface area contributed by atoms with E-state index in [4.69, 9.17) is 4.42 Å². The molecule has 0 saturated heterocycles. The van der Waals surface area contributed by atoms with Gasteiger partial charge in [0.2, 0.25) is 5.43 Å². The van der Waals surface area contributed by atoms with Crippen LogP contribution in [0, 0.1) is 0 Å². The molecular weight excluding hydrogens is 663 g/mol. The van der Waals surface area contributed by atoms with Crippen LogP contribution in [0.4, 0.5) is 0 Å². The van der Waals surface area contributed by atoms with Gasteiger partial charge in [-0.05, 0) is 84.9 Å². The van der Waals surface area contributed by atoms with Crippen molar-refractivity contribution in [3.05, 3.63) is 186 Å². The number of benzene rings is 8. The molecule has 0 N–H and O–H groups in total. The minimum Gasteiger partial charge on any atom is -0.456 e. The third-order valence-electron chi connectivity index (χ3n) is 11.2. The number of hydrogen-bond donors (Lipinski definition) is 0. The van der Waals surface area contributed by atoms with E-state index in [2.05, 4.69) is 147 Å². The zero-order chi connectivity index (χ0) is 35.5. The van der Waals surface area contributed by atoms with E-state index in [0.717, 1.165) is 38.9 Å². The van der Waals surface area contributed by atoms with Crippen molar-refractivity contribution in [1.29, 1.82) is 0 Å². The Morgan fingerprint density at radius 1 is 0.296 bits per heavy atom. The number of aromatic nitrogens is 3. The molecule has 0 aliphatic carbocycles. The maximum Gasteiger partial charge on any atom is 0.200 e. The van der Waals surface area contributed by atoms with Crippen LogP contribution < -0.4 is 5.43 Å². The van der Waals surface area contributed by atoms with Gasteiger partial charge in [0.1, 0.15) is 11.2 Å². The highest BCUT2D eigenvalue weighted by atomic mass is 16.3. The summed E-state index contributed by atoms with van der Waals surface area (Å²) in [5, 5.41) is 8.34. The fraction of sp³-hybridized carbons (Fsp3) is 0. The molecular formula is C49H29N3O2. The van der Waals surface area contributed by atoms with E-state index in [0.29, 0.717) is 21.9 Å². The Kier molecular flexibility index (Phi) is 5.86. The largest absolute Gasteiger partial charge is 0.456 e. The summed E-state index contributed by atoms with van der Waals surface area (Å²) >= 11 is 0. The molecule has 4 aromatic heterocycles. The second-order valence-corrected chi connectivity index (χ2v) is 14.1. The topological polar surface area (TPSA) is 45.0 Å². The molecule has 12 aromatic rings. The quantitative estimate of drug-likeness (QED) is 0.173. The molecule has 12 rings (SSSR count). The molecule has 252 valence electrons. The van der Waals surface area contributed by atoms with Gasteiger partial charge in [-0.3, -0.25) is 4.79 Å². The summed E-state index contributed by atoms with van der Waals surface area (Å²) in [7, 11) is 0. The molecule has 5 heteroatoms. The first-order valence-corrected chi connectivity index (χ1v) is 18.2. The van der Waals surface area contributed by atoms with Crippen LogP contribution in [-0.2, 0) is 0 Å². The first kappa shape index (κ1) is 29.2. The Labute approximate surface area is 307 Å². The molecule has 0 fully saturated rings. The number of para-hydroxylation sites is 5. The van der Waals surface area contributed by atoms with E-state index >= 15 is 0 Å². The molecule has 5 nitrogen and oxygen atoms in total. The van der Waals surface area contributed by atoms with Crippen molar-refractivity contribution in [2.75, 3.05) is 0 Å². The lowest BCUT2D eigenvalue weighted by atomic mass is 10.1. The molecule has 8 aromatic carbocycles. The van der Waals surface area contributed by atoms with Gasteiger partial charge in [-0.25, -0.2) is 0 Å². The van der Waals surface area contributed by atoms with Crippen molar-refractivity contribution in [1.82, 2.24) is 13.7 Å². The Morgan fingerprint density at radius 2 is 0.648 bits per heavy atom. The molecule has 0 bridgehead atoms. The molecule has 0 atom stereocenters. The fourth-order valence-electron chi connectivity index (χ4n) is 8.89. The van der Waals surface area contributed by atoms with Gasteiger partial charge in [0, 0.05) is 55.4 Å². The lowest BCUT2D eigenvalue weighted by Crippen LogP contribution is -2.03. The van der Waals surface area contributed by atoms with Gasteiger partial charge in [-0.15, -0.1) is 0 Å². The van der Waals surface area contributed by atoms with Crippen LogP contribution in [-0.4, -0.2) is 13.7 Å². The van der Waals surface area contributed by atoms with Crippen molar-refractivity contribution in [2.24, 2.45) is 0 Å². The molecule has 4 heterocycles. The SMILES string of the molecule is O=c1c2ccccc2oc2cc(-n3c4ccc(-n5c6ccccc6c6ccccc65)cc4c4cc(-n5c6ccccc6c6ccccc65)ccc43)ccc12. The summed E-state index contributed by atoms with van der Waals surface area (Å²) in [5.41, 5.74) is 11.1. The maximum atomic E-state index is 13.5. The van der Waals surface area contributed by atoms with Gasteiger partial charge in [0.15, 0.2) is 0 Å². The van der Waals surface area contributed by atoms with E-state index in [1.165, 1.54) is 43.6 Å². The van der Waals surface area contributed by atoms with Crippen LogP contribution in [0.3, 0.4) is 0 Å². The Bertz CT molecular complexity index is 3320. The van der Waals surface area contributed by atoms with E-state index in [1.807, 2.05) is 42.5 Å². The van der Waals surface area contributed by atoms with Crippen LogP contribution in [0.25, 0.3) is 104 Å². The van der Waals surface area contributed by atoms with E-state index in [-0.39, 0.29) is 5.43 Å². The fourth-order valence-corrected chi connectivity index (χ4v) is 8.89. The molecule has 0 saturated carbocycles. The molecule has 0 radical (unpaired) electrons. The Hall–Kier alpha value is -7.37. The summed E-state index contributed by atoms with van der Waals surface area (Å²) in [6, 6.07) is 61.5. The molecule has 0 aliphatic heterocycles. The van der Waals surface area contributed by atoms with Crippen molar-refractivity contribution >= 4 is 87.4 Å². The highest BCUT2D eigenvalue weighted by Gasteiger charge is 2.19. The zero-order valence-electron chi connectivity index (χ0n) is 28.9. The zero-order valence-corrected chi connectivity index (χ0v) is 28.9. The summed E-state index contributed by atoms with van der Waals surface area (Å²) in [6.45, 7) is 0. The van der Waals surface area contributed by atoms with Crippen LogP contribution >= 0.6 is 0 Å². The molecule has 0 unspecified atom stereocenters. The van der Waals surface area contributed by atoms with Crippen molar-refractivity contribution in [2.45, 2.75) is 0 Å². The van der Waals surface area contributed by atoms with E-state index < -0.39 is 0 Å². The molecule has 0 spiro atoms. The highest BCUT2D eigenvalue weighted by molar-refractivity contribution is 6.14. The number of hydrogen-bond acceptors (Lipinski definition) is 2. The summed E-state index contributed by atoms with van der Waals surface area (Å²) in [6.07, 6.45) is 0. The minimum absolute atomic E-state index is 0.0211. The molecule has 0 amide bonds. The van der Waals surface area contributed by atoms with Crippen molar-refractivity contribution in [3.8, 4) is 17.1 Å². The molecule has 54 heavy (non-hydrogen) atoms. The first-order valence-electron chi connectivity index (χ1n) is 18.2. The smallest absolute Gasteiger partial charge is 0.200 e. The van der Waals surface area contributed by atoms with Gasteiger partial charge in [-0.2, -0.15) is 0 Å². The maximum absolute atomic E-state index is 13.5. The lowest BCUT2D eigenvalue weighted by Gasteiger charge is -2.11. The predicted molar refractivity (Wildman–Crippen MR) is 223 cm³/mol. The average molecular weight is 692 g/mol. The molecule has 0 aliphatic rings. The van der Waals surface area contributed by atoms with Crippen LogP contribution in [0.15, 0.2) is 185 Å². The van der Waals surface area contributed by atoms with Crippen molar-refractivity contribution < 1.29 is 4.42 Å². The van der Waals surface area contributed by atoms with Gasteiger partial charge in [-0.1, -0.05) is 84.9 Å². The summed E-state index contributed by atoms with van der Waals surface area (Å²) < 4.78 is 13.4. The van der Waals surface area contributed by atoms with Gasteiger partial charge in [0.25, 0.3) is 0 Å². The highest BCUT2D eigenvalue weighted by Crippen LogP contribution is 2.39. The average Bonchev–Trinajstić information content (AvgIpc) is 3.86. The third kappa shape index (κ3) is 3.95. The van der Waals surface area contributed by atoms with Crippen LogP contribution in [0.2, 0.25) is 0 Å². The van der Waals surface area contributed by atoms with Crippen LogP contribution in [0.5, 0.6) is 0 Å². The van der Waals surface area contributed by atoms with Gasteiger partial charge >= 0.3 is 0 Å². The Morgan fingerprint density at radius 3 is 1.13 bits per heavy atom. The predicted octanol–water partition coefficient (Wildman–Crippen LogP) is 12.2. The third-order valence-corrected chi connectivity index (χ3v) is 11.2. The van der Waals surface area contributed by atoms with Crippen LogP contribution in [0.1, 0.15) is 0 Å². The minimum atomic E-state index is -0.0211. The number of nitrogens with zero attached hydrogens (tertiary/aromatic N) is 3. The number of rotatable bonds is 3. The second kappa shape index (κ2) is 10.8. The second-order valence-electron chi connectivity index (χ2n) is 14.1. The normalized spacial score (nSPS) is 12.1. The van der Waals surface area contributed by atoms with Gasteiger partial charge in [0.05, 0.1) is 43.9 Å². The van der Waals surface area contributed by atoms with Crippen molar-refractivity contribution in [3.63, 3.8) is 0 Å². The number of fused-ring (bicyclic) bond motifs is 11. The summed E-state index contributed by atoms with van der Waals surface area (Å²) in [4.78, 5) is 13.5. The Balaban J connectivity index is 1.17. The van der Waals surface area contributed by atoms with E-state index in [9.17, 15) is 4.79 Å². The summed E-state index contributed by atoms with van der Waals surface area (Å²) in [5.74, 6) is 0. The monoisotopic (exact) mass is 691 g/mol. The van der Waals surface area contributed by atoms with E-state index in [1.54, 1.807) is 0 Å². The standard InChI is InChI=1S/C49H29N3O2/c53-49-37-15-5-10-20-47(37)54-48-29-32(21-24-38(48)49)52-45-25-22-30(50-41-16-6-1-11-33(41)34-12-2-7-17-42(34)50)27-39(45)40-28-31(23-26-46(40)52)51-43-18-8-3-13-35(43)36-14-4-9-19-44(36)51/h1-29H. The lowest BCUT2D eigenvalue weighted by molar-refractivity contribution is 0.659.